The molecule has 1 aliphatic heterocycles. The summed E-state index contributed by atoms with van der Waals surface area (Å²) < 4.78 is 23.4. The van der Waals surface area contributed by atoms with Crippen LogP contribution in [0.1, 0.15) is 19.4 Å². The number of halogens is 1. The highest BCUT2D eigenvalue weighted by molar-refractivity contribution is 14.0. The second-order valence-corrected chi connectivity index (χ2v) is 8.95. The van der Waals surface area contributed by atoms with Crippen LogP contribution in [0.5, 0.6) is 0 Å². The number of nitrogens with one attached hydrogen (secondary N) is 1. The normalized spacial score (nSPS) is 19.8. The number of hydrogen-bond acceptors (Lipinski definition) is 3. The van der Waals surface area contributed by atoms with Crippen molar-refractivity contribution in [2.45, 2.75) is 25.0 Å². The van der Waals surface area contributed by atoms with Crippen molar-refractivity contribution in [1.82, 2.24) is 10.2 Å². The van der Waals surface area contributed by atoms with Gasteiger partial charge in [-0.1, -0.05) is 30.3 Å². The molecule has 0 spiro atoms. The van der Waals surface area contributed by atoms with Gasteiger partial charge in [0.1, 0.15) is 0 Å². The third kappa shape index (κ3) is 5.07. The molecule has 1 aliphatic rings. The molecule has 130 valence electrons. The summed E-state index contributed by atoms with van der Waals surface area (Å²) in [5.74, 6) is 0.957. The summed E-state index contributed by atoms with van der Waals surface area (Å²) in [6.45, 7) is 5.31. The van der Waals surface area contributed by atoms with E-state index in [4.69, 9.17) is 0 Å². The molecule has 5 nitrogen and oxygen atoms in total. The zero-order valence-corrected chi connectivity index (χ0v) is 17.1. The van der Waals surface area contributed by atoms with Gasteiger partial charge in [-0.05, 0) is 25.8 Å². The van der Waals surface area contributed by atoms with E-state index >= 15 is 0 Å². The fourth-order valence-corrected chi connectivity index (χ4v) is 3.99. The Morgan fingerprint density at radius 1 is 1.30 bits per heavy atom. The Morgan fingerprint density at radius 2 is 1.96 bits per heavy atom. The number of rotatable bonds is 3. The van der Waals surface area contributed by atoms with Crippen molar-refractivity contribution in [2.75, 3.05) is 32.4 Å². The van der Waals surface area contributed by atoms with Crippen LogP contribution in [0.2, 0.25) is 0 Å². The van der Waals surface area contributed by atoms with Crippen molar-refractivity contribution in [3.05, 3.63) is 35.9 Å². The Hall–Kier alpha value is -0.830. The highest BCUT2D eigenvalue weighted by Gasteiger charge is 2.40. The van der Waals surface area contributed by atoms with Crippen molar-refractivity contribution in [3.8, 4) is 0 Å². The lowest BCUT2D eigenvalue weighted by atomic mass is 10.1. The molecule has 0 aliphatic carbocycles. The highest BCUT2D eigenvalue weighted by Crippen LogP contribution is 2.23. The molecule has 1 aromatic rings. The molecular weight excluding hydrogens is 425 g/mol. The minimum Gasteiger partial charge on any atom is -0.356 e. The van der Waals surface area contributed by atoms with Gasteiger partial charge in [0.15, 0.2) is 15.8 Å². The van der Waals surface area contributed by atoms with Crippen molar-refractivity contribution < 1.29 is 8.42 Å². The predicted molar refractivity (Wildman–Crippen MR) is 106 cm³/mol. The van der Waals surface area contributed by atoms with Crippen LogP contribution >= 0.6 is 24.0 Å². The number of guanidine groups is 1. The molecule has 23 heavy (non-hydrogen) atoms. The lowest BCUT2D eigenvalue weighted by molar-refractivity contribution is 0.353. The van der Waals surface area contributed by atoms with E-state index in [1.54, 1.807) is 20.9 Å². The van der Waals surface area contributed by atoms with Gasteiger partial charge in [-0.15, -0.1) is 24.0 Å². The second kappa shape index (κ2) is 8.32. The largest absolute Gasteiger partial charge is 0.356 e. The number of sulfone groups is 1. The lowest BCUT2D eigenvalue weighted by Gasteiger charge is -2.39. The minimum absolute atomic E-state index is 0. The number of nitrogens with zero attached hydrogens (tertiary/aromatic N) is 2. The smallest absolute Gasteiger partial charge is 0.193 e. The molecule has 1 aromatic carbocycles. The molecule has 1 fully saturated rings. The zero-order valence-electron chi connectivity index (χ0n) is 13.9. The molecule has 1 N–H and O–H groups in total. The maximum Gasteiger partial charge on any atom is 0.193 e. The van der Waals surface area contributed by atoms with E-state index in [1.165, 1.54) is 5.56 Å². The fraction of sp³-hybridized carbons (Fsp3) is 0.562. The van der Waals surface area contributed by atoms with Gasteiger partial charge < -0.3 is 10.2 Å². The van der Waals surface area contributed by atoms with E-state index in [2.05, 4.69) is 22.4 Å². The standard InChI is InChI=1S/C16H25N3O2S.HI/c1-16(2)13-19(11-12-22(16,20)21)15(17-3)18-10-9-14-7-5-4-6-8-14;/h4-8H,9-13H2,1-3H3,(H,17,18);1H. The van der Waals surface area contributed by atoms with Gasteiger partial charge in [0, 0.05) is 26.7 Å². The summed E-state index contributed by atoms with van der Waals surface area (Å²) >= 11 is 0. The molecule has 0 unspecified atom stereocenters. The van der Waals surface area contributed by atoms with Gasteiger partial charge in [-0.3, -0.25) is 4.99 Å². The van der Waals surface area contributed by atoms with Gasteiger partial charge in [0.2, 0.25) is 0 Å². The maximum absolute atomic E-state index is 12.1. The Balaban J connectivity index is 0.00000264. The number of benzene rings is 1. The summed E-state index contributed by atoms with van der Waals surface area (Å²) in [6.07, 6.45) is 0.912. The molecule has 0 bridgehead atoms. The van der Waals surface area contributed by atoms with E-state index in [0.29, 0.717) is 13.1 Å². The fourth-order valence-electron chi connectivity index (χ4n) is 2.62. The van der Waals surface area contributed by atoms with Crippen LogP contribution in [0, 0.1) is 0 Å². The molecule has 0 radical (unpaired) electrons. The SMILES string of the molecule is CN=C(NCCc1ccccc1)N1CCS(=O)(=O)C(C)(C)C1.I. The van der Waals surface area contributed by atoms with E-state index in [0.717, 1.165) is 18.9 Å². The van der Waals surface area contributed by atoms with E-state index in [-0.39, 0.29) is 29.7 Å². The van der Waals surface area contributed by atoms with Crippen molar-refractivity contribution in [1.29, 1.82) is 0 Å². The van der Waals surface area contributed by atoms with Crippen LogP contribution < -0.4 is 5.32 Å². The summed E-state index contributed by atoms with van der Waals surface area (Å²) in [7, 11) is -1.29. The van der Waals surface area contributed by atoms with Crippen molar-refractivity contribution in [3.63, 3.8) is 0 Å². The average molecular weight is 451 g/mol. The average Bonchev–Trinajstić information content (AvgIpc) is 2.48. The molecular formula is C16H26IN3O2S. The highest BCUT2D eigenvalue weighted by atomic mass is 127. The van der Waals surface area contributed by atoms with Gasteiger partial charge in [-0.25, -0.2) is 8.42 Å². The summed E-state index contributed by atoms with van der Waals surface area (Å²) in [4.78, 5) is 6.33. The first kappa shape index (κ1) is 20.2. The number of hydrogen-bond donors (Lipinski definition) is 1. The first-order valence-corrected chi connectivity index (χ1v) is 9.23. The maximum atomic E-state index is 12.1. The lowest BCUT2D eigenvalue weighted by Crippen LogP contribution is -2.57. The first-order valence-electron chi connectivity index (χ1n) is 7.57. The zero-order chi connectivity index (χ0) is 16.2. The van der Waals surface area contributed by atoms with Gasteiger partial charge in [-0.2, -0.15) is 0 Å². The predicted octanol–water partition coefficient (Wildman–Crippen LogP) is 1.93. The molecule has 0 aromatic heterocycles. The quantitative estimate of drug-likeness (QED) is 0.434. The molecule has 7 heteroatoms. The number of aliphatic imine (C=N–C) groups is 1. The Kier molecular flexibility index (Phi) is 7.31. The minimum atomic E-state index is -3.02. The monoisotopic (exact) mass is 451 g/mol. The summed E-state index contributed by atoms with van der Waals surface area (Å²) in [5.41, 5.74) is 1.27. The molecule has 1 heterocycles. The van der Waals surface area contributed by atoms with Crippen LogP contribution in [0.3, 0.4) is 0 Å². The summed E-state index contributed by atoms with van der Waals surface area (Å²) in [6, 6.07) is 10.3. The summed E-state index contributed by atoms with van der Waals surface area (Å²) in [5, 5.41) is 3.33. The third-order valence-corrected chi connectivity index (χ3v) is 6.63. The molecule has 0 atom stereocenters. The van der Waals surface area contributed by atoms with Crippen LogP contribution in [-0.2, 0) is 16.3 Å². The van der Waals surface area contributed by atoms with E-state index in [1.807, 2.05) is 23.1 Å². The van der Waals surface area contributed by atoms with Crippen molar-refractivity contribution >= 4 is 39.8 Å². The van der Waals surface area contributed by atoms with Gasteiger partial charge >= 0.3 is 0 Å². The Labute approximate surface area is 156 Å². The van der Waals surface area contributed by atoms with Crippen molar-refractivity contribution in [2.24, 2.45) is 4.99 Å². The van der Waals surface area contributed by atoms with Gasteiger partial charge in [0.05, 0.1) is 10.5 Å². The van der Waals surface area contributed by atoms with Gasteiger partial charge in [0.25, 0.3) is 0 Å². The van der Waals surface area contributed by atoms with E-state index in [9.17, 15) is 8.42 Å². The molecule has 1 saturated heterocycles. The van der Waals surface area contributed by atoms with Crippen LogP contribution in [0.15, 0.2) is 35.3 Å². The molecule has 2 rings (SSSR count). The Morgan fingerprint density at radius 3 is 2.52 bits per heavy atom. The molecule has 0 amide bonds. The topological polar surface area (TPSA) is 61.8 Å². The molecule has 0 saturated carbocycles. The van der Waals surface area contributed by atoms with Crippen LogP contribution in [0.25, 0.3) is 0 Å². The van der Waals surface area contributed by atoms with Crippen LogP contribution in [0.4, 0.5) is 0 Å². The second-order valence-electron chi connectivity index (χ2n) is 6.21. The van der Waals surface area contributed by atoms with Crippen LogP contribution in [-0.4, -0.2) is 56.5 Å². The third-order valence-electron chi connectivity index (χ3n) is 4.09. The first-order chi connectivity index (χ1) is 10.4. The van der Waals surface area contributed by atoms with E-state index < -0.39 is 14.6 Å². The Bertz CT molecular complexity index is 630.